The maximum Gasteiger partial charge on any atom is 0.265 e. The van der Waals surface area contributed by atoms with E-state index >= 15 is 0 Å². The Labute approximate surface area is 168 Å². The molecule has 0 aliphatic rings. The van der Waals surface area contributed by atoms with Crippen molar-refractivity contribution in [2.75, 3.05) is 17.1 Å². The van der Waals surface area contributed by atoms with Crippen LogP contribution in [0.4, 0.5) is 11.4 Å². The standard InChI is InChI=1S/C19H23BrN2O4S/c1-3-4-5-6-19(23)21-16-11-12-17(26-2)18(13-16)27(24,25)22-15-9-7-14(20)8-10-15/h7-13,22H,3-6H2,1-2H3,(H,21,23). The van der Waals surface area contributed by atoms with Gasteiger partial charge in [-0.2, -0.15) is 0 Å². The number of hydrogen-bond acceptors (Lipinski definition) is 4. The maximum atomic E-state index is 12.8. The molecule has 0 saturated heterocycles. The van der Waals surface area contributed by atoms with Crippen molar-refractivity contribution < 1.29 is 17.9 Å². The zero-order valence-electron chi connectivity index (χ0n) is 15.3. The largest absolute Gasteiger partial charge is 0.495 e. The summed E-state index contributed by atoms with van der Waals surface area (Å²) in [6, 6.07) is 11.3. The molecule has 2 rings (SSSR count). The normalized spacial score (nSPS) is 11.1. The fourth-order valence-corrected chi connectivity index (χ4v) is 3.97. The molecule has 0 atom stereocenters. The third-order valence-corrected chi connectivity index (χ3v) is 5.77. The SMILES string of the molecule is CCCCCC(=O)Nc1ccc(OC)c(S(=O)(=O)Nc2ccc(Br)cc2)c1. The van der Waals surface area contributed by atoms with Crippen LogP contribution in [-0.2, 0) is 14.8 Å². The van der Waals surface area contributed by atoms with Gasteiger partial charge in [0.2, 0.25) is 5.91 Å². The zero-order valence-corrected chi connectivity index (χ0v) is 17.7. The molecule has 0 aliphatic heterocycles. The van der Waals surface area contributed by atoms with E-state index in [0.717, 1.165) is 23.7 Å². The van der Waals surface area contributed by atoms with E-state index in [1.54, 1.807) is 30.3 Å². The number of methoxy groups -OCH3 is 1. The van der Waals surface area contributed by atoms with Crippen molar-refractivity contribution in [2.24, 2.45) is 0 Å². The molecule has 2 aromatic rings. The van der Waals surface area contributed by atoms with E-state index in [1.165, 1.54) is 19.2 Å². The molecule has 0 spiro atoms. The van der Waals surface area contributed by atoms with Crippen molar-refractivity contribution in [3.05, 3.63) is 46.9 Å². The molecule has 2 N–H and O–H groups in total. The van der Waals surface area contributed by atoms with E-state index in [4.69, 9.17) is 4.74 Å². The third-order valence-electron chi connectivity index (χ3n) is 3.84. The number of sulfonamides is 1. The molecule has 0 bridgehead atoms. The molecular weight excluding hydrogens is 432 g/mol. The predicted octanol–water partition coefficient (Wildman–Crippen LogP) is 4.78. The molecule has 8 heteroatoms. The maximum absolute atomic E-state index is 12.8. The van der Waals surface area contributed by atoms with Crippen molar-refractivity contribution in [1.29, 1.82) is 0 Å². The first kappa shape index (κ1) is 21.2. The van der Waals surface area contributed by atoms with Crippen LogP contribution in [0.3, 0.4) is 0 Å². The Kier molecular flexibility index (Phi) is 7.67. The molecular formula is C19H23BrN2O4S. The van der Waals surface area contributed by atoms with Crippen molar-refractivity contribution in [2.45, 2.75) is 37.5 Å². The summed E-state index contributed by atoms with van der Waals surface area (Å²) in [4.78, 5) is 12.0. The third kappa shape index (κ3) is 6.25. The lowest BCUT2D eigenvalue weighted by atomic mass is 10.2. The molecule has 27 heavy (non-hydrogen) atoms. The van der Waals surface area contributed by atoms with Gasteiger partial charge < -0.3 is 10.1 Å². The summed E-state index contributed by atoms with van der Waals surface area (Å²) < 4.78 is 34.1. The number of anilines is 2. The first-order valence-electron chi connectivity index (χ1n) is 8.62. The molecule has 6 nitrogen and oxygen atoms in total. The minimum atomic E-state index is -3.89. The van der Waals surface area contributed by atoms with Crippen molar-refractivity contribution >= 4 is 43.2 Å². The number of amides is 1. The number of unbranched alkanes of at least 4 members (excludes halogenated alkanes) is 2. The number of nitrogens with one attached hydrogen (secondary N) is 2. The molecule has 0 saturated carbocycles. The lowest BCUT2D eigenvalue weighted by Gasteiger charge is -2.14. The van der Waals surface area contributed by atoms with Crippen LogP contribution in [0.5, 0.6) is 5.75 Å². The quantitative estimate of drug-likeness (QED) is 0.533. The topological polar surface area (TPSA) is 84.5 Å². The second kappa shape index (κ2) is 9.75. The smallest absolute Gasteiger partial charge is 0.265 e. The van der Waals surface area contributed by atoms with Gasteiger partial charge in [0, 0.05) is 22.3 Å². The van der Waals surface area contributed by atoms with Gasteiger partial charge in [0.1, 0.15) is 10.6 Å². The van der Waals surface area contributed by atoms with Crippen molar-refractivity contribution in [1.82, 2.24) is 0 Å². The Hall–Kier alpha value is -2.06. The van der Waals surface area contributed by atoms with Gasteiger partial charge >= 0.3 is 0 Å². The van der Waals surface area contributed by atoms with E-state index in [-0.39, 0.29) is 16.6 Å². The van der Waals surface area contributed by atoms with Crippen molar-refractivity contribution in [3.8, 4) is 5.75 Å². The number of benzene rings is 2. The first-order chi connectivity index (χ1) is 12.9. The number of ether oxygens (including phenoxy) is 1. The minimum Gasteiger partial charge on any atom is -0.495 e. The summed E-state index contributed by atoms with van der Waals surface area (Å²) in [5.74, 6) is 0.0569. The molecule has 2 aromatic carbocycles. The number of rotatable bonds is 9. The van der Waals surface area contributed by atoms with Crippen LogP contribution in [0, 0.1) is 0 Å². The summed E-state index contributed by atoms with van der Waals surface area (Å²) in [6.45, 7) is 2.07. The number of hydrogen-bond donors (Lipinski definition) is 2. The molecule has 0 heterocycles. The Morgan fingerprint density at radius 1 is 1.07 bits per heavy atom. The second-order valence-corrected chi connectivity index (χ2v) is 8.55. The molecule has 146 valence electrons. The first-order valence-corrected chi connectivity index (χ1v) is 10.9. The molecule has 0 radical (unpaired) electrons. The van der Waals surface area contributed by atoms with Crippen molar-refractivity contribution in [3.63, 3.8) is 0 Å². The van der Waals surface area contributed by atoms with Crippen LogP contribution < -0.4 is 14.8 Å². The summed E-state index contributed by atoms with van der Waals surface area (Å²) in [5.41, 5.74) is 0.836. The molecule has 0 aliphatic carbocycles. The summed E-state index contributed by atoms with van der Waals surface area (Å²) in [6.07, 6.45) is 3.21. The average Bonchev–Trinajstić information content (AvgIpc) is 2.63. The highest BCUT2D eigenvalue weighted by atomic mass is 79.9. The van der Waals surface area contributed by atoms with Crippen LogP contribution in [-0.4, -0.2) is 21.4 Å². The summed E-state index contributed by atoms with van der Waals surface area (Å²) in [7, 11) is -2.49. The van der Waals surface area contributed by atoms with Gasteiger partial charge in [-0.1, -0.05) is 35.7 Å². The molecule has 1 amide bonds. The van der Waals surface area contributed by atoms with Crippen LogP contribution >= 0.6 is 15.9 Å². The van der Waals surface area contributed by atoms with Crippen LogP contribution in [0.25, 0.3) is 0 Å². The van der Waals surface area contributed by atoms with Gasteiger partial charge in [-0.25, -0.2) is 8.42 Å². The molecule has 0 aromatic heterocycles. The monoisotopic (exact) mass is 454 g/mol. The van der Waals surface area contributed by atoms with E-state index in [1.807, 2.05) is 0 Å². The zero-order chi connectivity index (χ0) is 19.9. The number of halogens is 1. The van der Waals surface area contributed by atoms with Gasteiger partial charge in [0.05, 0.1) is 7.11 Å². The predicted molar refractivity (Wildman–Crippen MR) is 111 cm³/mol. The fraction of sp³-hybridized carbons (Fsp3) is 0.316. The van der Waals surface area contributed by atoms with E-state index in [2.05, 4.69) is 32.9 Å². The summed E-state index contributed by atoms with van der Waals surface area (Å²) in [5, 5.41) is 2.74. The van der Waals surface area contributed by atoms with Gasteiger partial charge in [-0.15, -0.1) is 0 Å². The highest BCUT2D eigenvalue weighted by molar-refractivity contribution is 9.10. The second-order valence-electron chi connectivity index (χ2n) is 5.98. The average molecular weight is 455 g/mol. The fourth-order valence-electron chi connectivity index (χ4n) is 2.45. The number of carbonyl (C=O) groups is 1. The molecule has 0 unspecified atom stereocenters. The minimum absolute atomic E-state index is 0.0423. The van der Waals surface area contributed by atoms with Crippen LogP contribution in [0.15, 0.2) is 51.8 Å². The lowest BCUT2D eigenvalue weighted by Crippen LogP contribution is -2.16. The van der Waals surface area contributed by atoms with E-state index in [9.17, 15) is 13.2 Å². The van der Waals surface area contributed by atoms with Crippen LogP contribution in [0.1, 0.15) is 32.6 Å². The van der Waals surface area contributed by atoms with Gasteiger partial charge in [0.25, 0.3) is 10.0 Å². The van der Waals surface area contributed by atoms with Gasteiger partial charge in [0.15, 0.2) is 0 Å². The Balaban J connectivity index is 2.23. The summed E-state index contributed by atoms with van der Waals surface area (Å²) >= 11 is 3.31. The van der Waals surface area contributed by atoms with Gasteiger partial charge in [-0.05, 0) is 48.9 Å². The molecule has 0 fully saturated rings. The number of carbonyl (C=O) groups excluding carboxylic acids is 1. The Morgan fingerprint density at radius 2 is 1.74 bits per heavy atom. The van der Waals surface area contributed by atoms with E-state index in [0.29, 0.717) is 17.8 Å². The lowest BCUT2D eigenvalue weighted by molar-refractivity contribution is -0.116. The van der Waals surface area contributed by atoms with Crippen LogP contribution in [0.2, 0.25) is 0 Å². The highest BCUT2D eigenvalue weighted by Gasteiger charge is 2.21. The van der Waals surface area contributed by atoms with E-state index < -0.39 is 10.0 Å². The Bertz CT molecular complexity index is 883. The van der Waals surface area contributed by atoms with Gasteiger partial charge in [-0.3, -0.25) is 9.52 Å². The highest BCUT2D eigenvalue weighted by Crippen LogP contribution is 2.29. The Morgan fingerprint density at radius 3 is 2.37 bits per heavy atom.